The summed E-state index contributed by atoms with van der Waals surface area (Å²) in [5.41, 5.74) is 5.96. The molecule has 2 heteroatoms. The van der Waals surface area contributed by atoms with Gasteiger partial charge in [0.05, 0.1) is 0 Å². The van der Waals surface area contributed by atoms with Crippen molar-refractivity contribution < 1.29 is 4.74 Å². The second kappa shape index (κ2) is 5.55. The van der Waals surface area contributed by atoms with Gasteiger partial charge in [0.15, 0.2) is 0 Å². The average molecular weight is 173 g/mol. The van der Waals surface area contributed by atoms with Gasteiger partial charge in [-0.3, -0.25) is 0 Å². The molecular weight excluding hydrogens is 150 g/mol. The standard InChI is InChI=1S/C10H23NO/c1-9(11)5-7-12-8-6-10(2,3)4/h9H,5-8,11H2,1-4H3. The minimum atomic E-state index is 0.264. The molecule has 0 aliphatic heterocycles. The van der Waals surface area contributed by atoms with Crippen molar-refractivity contribution in [3.63, 3.8) is 0 Å². The molecule has 0 saturated carbocycles. The zero-order valence-electron chi connectivity index (χ0n) is 8.89. The van der Waals surface area contributed by atoms with Crippen molar-refractivity contribution in [2.45, 2.75) is 46.6 Å². The molecule has 74 valence electrons. The van der Waals surface area contributed by atoms with Crippen LogP contribution in [0.1, 0.15) is 40.5 Å². The number of nitrogens with two attached hydrogens (primary N) is 1. The van der Waals surface area contributed by atoms with E-state index in [0.717, 1.165) is 26.1 Å². The molecule has 0 aliphatic rings. The third-order valence-corrected chi connectivity index (χ3v) is 1.71. The lowest BCUT2D eigenvalue weighted by Gasteiger charge is -2.17. The van der Waals surface area contributed by atoms with Gasteiger partial charge in [-0.05, 0) is 25.2 Å². The summed E-state index contributed by atoms with van der Waals surface area (Å²) in [5, 5.41) is 0. The van der Waals surface area contributed by atoms with Crippen LogP contribution in [0.5, 0.6) is 0 Å². The Balaban J connectivity index is 3.12. The van der Waals surface area contributed by atoms with Crippen molar-refractivity contribution in [1.82, 2.24) is 0 Å². The van der Waals surface area contributed by atoms with Crippen LogP contribution in [0.3, 0.4) is 0 Å². The molecule has 0 aromatic carbocycles. The van der Waals surface area contributed by atoms with Crippen LogP contribution in [0.25, 0.3) is 0 Å². The first kappa shape index (κ1) is 11.9. The van der Waals surface area contributed by atoms with Crippen LogP contribution in [0, 0.1) is 5.41 Å². The van der Waals surface area contributed by atoms with Crippen LogP contribution in [-0.4, -0.2) is 19.3 Å². The highest BCUT2D eigenvalue weighted by Crippen LogP contribution is 2.17. The van der Waals surface area contributed by atoms with Gasteiger partial charge in [0.1, 0.15) is 0 Å². The SMILES string of the molecule is CC(N)CCOCCC(C)(C)C. The summed E-state index contributed by atoms with van der Waals surface area (Å²) in [6.45, 7) is 10.3. The van der Waals surface area contributed by atoms with Crippen molar-refractivity contribution in [2.24, 2.45) is 11.1 Å². The molecule has 0 bridgehead atoms. The highest BCUT2D eigenvalue weighted by atomic mass is 16.5. The number of rotatable bonds is 5. The highest BCUT2D eigenvalue weighted by molar-refractivity contribution is 4.60. The van der Waals surface area contributed by atoms with Crippen molar-refractivity contribution in [1.29, 1.82) is 0 Å². The van der Waals surface area contributed by atoms with Gasteiger partial charge in [-0.25, -0.2) is 0 Å². The Morgan fingerprint density at radius 2 is 1.83 bits per heavy atom. The zero-order chi connectivity index (χ0) is 9.61. The maximum atomic E-state index is 5.58. The van der Waals surface area contributed by atoms with Gasteiger partial charge in [-0.15, -0.1) is 0 Å². The third-order valence-electron chi connectivity index (χ3n) is 1.71. The Morgan fingerprint density at radius 3 is 2.25 bits per heavy atom. The van der Waals surface area contributed by atoms with Crippen LogP contribution < -0.4 is 5.73 Å². The average Bonchev–Trinajstić information content (AvgIpc) is 1.83. The van der Waals surface area contributed by atoms with Gasteiger partial charge < -0.3 is 10.5 Å². The third kappa shape index (κ3) is 9.92. The second-order valence-corrected chi connectivity index (χ2v) is 4.69. The summed E-state index contributed by atoms with van der Waals surface area (Å²) in [4.78, 5) is 0. The maximum absolute atomic E-state index is 5.58. The van der Waals surface area contributed by atoms with Gasteiger partial charge in [-0.2, -0.15) is 0 Å². The van der Waals surface area contributed by atoms with Crippen LogP contribution in [0.2, 0.25) is 0 Å². The van der Waals surface area contributed by atoms with Crippen molar-refractivity contribution in [3.8, 4) is 0 Å². The quantitative estimate of drug-likeness (QED) is 0.647. The molecule has 2 nitrogen and oxygen atoms in total. The normalized spacial score (nSPS) is 14.8. The second-order valence-electron chi connectivity index (χ2n) is 4.69. The van der Waals surface area contributed by atoms with E-state index < -0.39 is 0 Å². The van der Waals surface area contributed by atoms with E-state index in [4.69, 9.17) is 10.5 Å². The van der Waals surface area contributed by atoms with Crippen LogP contribution in [0.15, 0.2) is 0 Å². The fraction of sp³-hybridized carbons (Fsp3) is 1.00. The van der Waals surface area contributed by atoms with E-state index in [9.17, 15) is 0 Å². The highest BCUT2D eigenvalue weighted by Gasteiger charge is 2.08. The summed E-state index contributed by atoms with van der Waals surface area (Å²) in [6, 6.07) is 0.264. The number of hydrogen-bond acceptors (Lipinski definition) is 2. The molecule has 0 rings (SSSR count). The molecule has 1 atom stereocenters. The Morgan fingerprint density at radius 1 is 1.25 bits per heavy atom. The zero-order valence-corrected chi connectivity index (χ0v) is 8.89. The maximum Gasteiger partial charge on any atom is 0.0480 e. The predicted octanol–water partition coefficient (Wildman–Crippen LogP) is 2.18. The predicted molar refractivity (Wildman–Crippen MR) is 53.2 cm³/mol. The Hall–Kier alpha value is -0.0800. The Labute approximate surface area is 76.5 Å². The van der Waals surface area contributed by atoms with Gasteiger partial charge in [0, 0.05) is 19.3 Å². The summed E-state index contributed by atoms with van der Waals surface area (Å²) in [6.07, 6.45) is 2.08. The lowest BCUT2D eigenvalue weighted by Crippen LogP contribution is -2.18. The monoisotopic (exact) mass is 173 g/mol. The van der Waals surface area contributed by atoms with Crippen LogP contribution in [0.4, 0.5) is 0 Å². The molecule has 0 fully saturated rings. The molecule has 0 aromatic heterocycles. The molecule has 12 heavy (non-hydrogen) atoms. The van der Waals surface area contributed by atoms with Crippen LogP contribution in [-0.2, 0) is 4.74 Å². The van der Waals surface area contributed by atoms with E-state index in [0.29, 0.717) is 5.41 Å². The minimum Gasteiger partial charge on any atom is -0.381 e. The molecule has 0 radical (unpaired) electrons. The molecule has 0 aliphatic carbocycles. The van der Waals surface area contributed by atoms with E-state index in [1.165, 1.54) is 0 Å². The summed E-state index contributed by atoms with van der Waals surface area (Å²) >= 11 is 0. The minimum absolute atomic E-state index is 0.264. The number of hydrogen-bond donors (Lipinski definition) is 1. The molecule has 0 saturated heterocycles. The molecule has 0 amide bonds. The van der Waals surface area contributed by atoms with Crippen molar-refractivity contribution in [3.05, 3.63) is 0 Å². The van der Waals surface area contributed by atoms with E-state index >= 15 is 0 Å². The summed E-state index contributed by atoms with van der Waals surface area (Å²) < 4.78 is 5.44. The van der Waals surface area contributed by atoms with Gasteiger partial charge >= 0.3 is 0 Å². The lowest BCUT2D eigenvalue weighted by atomic mass is 9.93. The largest absolute Gasteiger partial charge is 0.381 e. The Bertz CT molecular complexity index is 105. The van der Waals surface area contributed by atoms with E-state index in [2.05, 4.69) is 20.8 Å². The van der Waals surface area contributed by atoms with Crippen molar-refractivity contribution >= 4 is 0 Å². The first-order valence-corrected chi connectivity index (χ1v) is 4.75. The molecule has 1 unspecified atom stereocenters. The first-order valence-electron chi connectivity index (χ1n) is 4.75. The Kier molecular flexibility index (Phi) is 5.51. The fourth-order valence-corrected chi connectivity index (χ4v) is 0.750. The van der Waals surface area contributed by atoms with Gasteiger partial charge in [0.2, 0.25) is 0 Å². The first-order chi connectivity index (χ1) is 5.42. The fourth-order valence-electron chi connectivity index (χ4n) is 0.750. The molecule has 0 aromatic rings. The molecule has 0 heterocycles. The van der Waals surface area contributed by atoms with E-state index in [-0.39, 0.29) is 6.04 Å². The van der Waals surface area contributed by atoms with Gasteiger partial charge in [-0.1, -0.05) is 20.8 Å². The topological polar surface area (TPSA) is 35.2 Å². The number of ether oxygens (including phenoxy) is 1. The molecule has 2 N–H and O–H groups in total. The van der Waals surface area contributed by atoms with Crippen LogP contribution >= 0.6 is 0 Å². The molecule has 0 spiro atoms. The van der Waals surface area contributed by atoms with Gasteiger partial charge in [0.25, 0.3) is 0 Å². The lowest BCUT2D eigenvalue weighted by molar-refractivity contribution is 0.104. The van der Waals surface area contributed by atoms with Crippen molar-refractivity contribution in [2.75, 3.05) is 13.2 Å². The molecular formula is C10H23NO. The summed E-state index contributed by atoms with van der Waals surface area (Å²) in [5.74, 6) is 0. The van der Waals surface area contributed by atoms with E-state index in [1.807, 2.05) is 6.92 Å². The smallest absolute Gasteiger partial charge is 0.0480 e. The van der Waals surface area contributed by atoms with E-state index in [1.54, 1.807) is 0 Å². The summed E-state index contributed by atoms with van der Waals surface area (Å²) in [7, 11) is 0.